The quantitative estimate of drug-likeness (QED) is 0.801. The zero-order valence-corrected chi connectivity index (χ0v) is 10.4. The monoisotopic (exact) mass is 287 g/mol. The highest BCUT2D eigenvalue weighted by Gasteiger charge is 2.16. The molecular formula is C10H7O6S2. The van der Waals surface area contributed by atoms with Crippen LogP contribution in [0.1, 0.15) is 0 Å². The Balaban J connectivity index is 2.85. The molecule has 18 heavy (non-hydrogen) atoms. The van der Waals surface area contributed by atoms with Crippen molar-refractivity contribution in [1.29, 1.82) is 0 Å². The van der Waals surface area contributed by atoms with Crippen molar-refractivity contribution < 1.29 is 25.9 Å². The van der Waals surface area contributed by atoms with Crippen LogP contribution in [0.4, 0.5) is 0 Å². The largest absolute Gasteiger partial charge is 0.295 e. The molecule has 95 valence electrons. The molecule has 0 unspecified atom stereocenters. The molecule has 0 aromatic heterocycles. The molecule has 0 amide bonds. The first-order chi connectivity index (χ1) is 8.19. The summed E-state index contributed by atoms with van der Waals surface area (Å²) in [4.78, 5) is -0.819. The standard InChI is InChI=1S/C10H7O6S2/c11-17(12,13)8-4-5-9-7(6-8)2-1-3-10(9)18(14,15)16/h1-5H,(H,11,12,13)(H,14,15,16). The number of hydrogen-bond acceptors (Lipinski definition) is 4. The maximum absolute atomic E-state index is 11.1. The van der Waals surface area contributed by atoms with E-state index >= 15 is 0 Å². The summed E-state index contributed by atoms with van der Waals surface area (Å²) < 4.78 is 61.9. The smallest absolute Gasteiger partial charge is 0.282 e. The highest BCUT2D eigenvalue weighted by Crippen LogP contribution is 2.24. The third-order valence-corrected chi connectivity index (χ3v) is 3.99. The van der Waals surface area contributed by atoms with Crippen LogP contribution in [0.5, 0.6) is 0 Å². The lowest BCUT2D eigenvalue weighted by atomic mass is 10.1. The van der Waals surface area contributed by atoms with E-state index in [2.05, 4.69) is 6.07 Å². The molecule has 0 aliphatic rings. The number of benzene rings is 2. The molecule has 8 heteroatoms. The molecule has 2 aromatic rings. The average molecular weight is 287 g/mol. The zero-order valence-electron chi connectivity index (χ0n) is 8.73. The fourth-order valence-corrected chi connectivity index (χ4v) is 2.72. The minimum atomic E-state index is -4.41. The van der Waals surface area contributed by atoms with E-state index in [-0.39, 0.29) is 15.7 Å². The number of fused-ring (bicyclic) bond motifs is 1. The Morgan fingerprint density at radius 3 is 2.11 bits per heavy atom. The number of rotatable bonds is 2. The van der Waals surface area contributed by atoms with Crippen molar-refractivity contribution >= 4 is 31.0 Å². The topological polar surface area (TPSA) is 109 Å². The van der Waals surface area contributed by atoms with Gasteiger partial charge in [0.25, 0.3) is 20.2 Å². The van der Waals surface area contributed by atoms with Gasteiger partial charge in [-0.1, -0.05) is 18.2 Å². The van der Waals surface area contributed by atoms with Crippen LogP contribution in [0, 0.1) is 6.07 Å². The van der Waals surface area contributed by atoms with Gasteiger partial charge in [-0.2, -0.15) is 16.8 Å². The van der Waals surface area contributed by atoms with Gasteiger partial charge < -0.3 is 0 Å². The lowest BCUT2D eigenvalue weighted by Gasteiger charge is -2.04. The summed E-state index contributed by atoms with van der Waals surface area (Å²) in [5, 5.41) is 0.271. The Hall–Kier alpha value is -1.48. The summed E-state index contributed by atoms with van der Waals surface area (Å²) in [6.45, 7) is 0. The third kappa shape index (κ3) is 2.36. The van der Waals surface area contributed by atoms with Crippen LogP contribution >= 0.6 is 0 Å². The van der Waals surface area contributed by atoms with Crippen LogP contribution in [0.15, 0.2) is 40.1 Å². The molecule has 0 spiro atoms. The Morgan fingerprint density at radius 1 is 0.889 bits per heavy atom. The highest BCUT2D eigenvalue weighted by molar-refractivity contribution is 7.86. The minimum Gasteiger partial charge on any atom is -0.282 e. The van der Waals surface area contributed by atoms with Gasteiger partial charge in [0.1, 0.15) is 9.79 Å². The molecule has 0 bridgehead atoms. The van der Waals surface area contributed by atoms with Gasteiger partial charge in [0.2, 0.25) is 0 Å². The average Bonchev–Trinajstić information content (AvgIpc) is 2.25. The SMILES string of the molecule is O=S(=O)(O)c1[c]c2cccc(S(=O)(=O)O)c2cc1. The molecule has 0 fully saturated rings. The molecule has 1 radical (unpaired) electrons. The van der Waals surface area contributed by atoms with Crippen molar-refractivity contribution in [3.63, 3.8) is 0 Å². The first-order valence-electron chi connectivity index (χ1n) is 4.59. The van der Waals surface area contributed by atoms with E-state index in [0.717, 1.165) is 6.07 Å². The first-order valence-corrected chi connectivity index (χ1v) is 7.47. The van der Waals surface area contributed by atoms with Crippen molar-refractivity contribution in [3.05, 3.63) is 36.4 Å². The molecule has 0 heterocycles. The van der Waals surface area contributed by atoms with E-state index < -0.39 is 25.1 Å². The second-order valence-corrected chi connectivity index (χ2v) is 6.27. The predicted molar refractivity (Wildman–Crippen MR) is 62.4 cm³/mol. The van der Waals surface area contributed by atoms with Crippen molar-refractivity contribution in [1.82, 2.24) is 0 Å². The van der Waals surface area contributed by atoms with Gasteiger partial charge in [0, 0.05) is 11.5 Å². The lowest BCUT2D eigenvalue weighted by molar-refractivity contribution is 0.482. The molecule has 0 aliphatic heterocycles. The van der Waals surface area contributed by atoms with Crippen molar-refractivity contribution in [2.45, 2.75) is 9.79 Å². The second kappa shape index (κ2) is 4.02. The highest BCUT2D eigenvalue weighted by atomic mass is 32.2. The fourth-order valence-electron chi connectivity index (χ4n) is 1.53. The van der Waals surface area contributed by atoms with Crippen LogP contribution in [0.25, 0.3) is 10.8 Å². The van der Waals surface area contributed by atoms with E-state index in [4.69, 9.17) is 9.11 Å². The third-order valence-electron chi connectivity index (χ3n) is 2.28. The Morgan fingerprint density at radius 2 is 1.56 bits per heavy atom. The molecule has 0 aliphatic carbocycles. The summed E-state index contributed by atoms with van der Waals surface area (Å²) in [6.07, 6.45) is 0. The van der Waals surface area contributed by atoms with Crippen molar-refractivity contribution in [2.75, 3.05) is 0 Å². The molecular weight excluding hydrogens is 280 g/mol. The molecule has 2 rings (SSSR count). The van der Waals surface area contributed by atoms with Crippen LogP contribution in [-0.4, -0.2) is 25.9 Å². The van der Waals surface area contributed by atoms with E-state index in [1.165, 1.54) is 24.3 Å². The normalized spacial score (nSPS) is 12.8. The summed E-state index contributed by atoms with van der Waals surface area (Å²) in [5.74, 6) is 0. The van der Waals surface area contributed by atoms with Gasteiger partial charge in [-0.25, -0.2) is 0 Å². The van der Waals surface area contributed by atoms with Crippen LogP contribution < -0.4 is 0 Å². The molecule has 2 aromatic carbocycles. The summed E-state index contributed by atoms with van der Waals surface area (Å²) in [5.41, 5.74) is 0. The predicted octanol–water partition coefficient (Wildman–Crippen LogP) is 1.13. The fraction of sp³-hybridized carbons (Fsp3) is 0. The lowest BCUT2D eigenvalue weighted by Crippen LogP contribution is -2.01. The Labute approximate surface area is 103 Å². The van der Waals surface area contributed by atoms with E-state index in [9.17, 15) is 16.8 Å². The molecule has 2 N–H and O–H groups in total. The summed E-state index contributed by atoms with van der Waals surface area (Å²) >= 11 is 0. The van der Waals surface area contributed by atoms with E-state index in [1.807, 2.05) is 0 Å². The van der Waals surface area contributed by atoms with Gasteiger partial charge in [-0.15, -0.1) is 0 Å². The van der Waals surface area contributed by atoms with Gasteiger partial charge in [0.05, 0.1) is 0 Å². The minimum absolute atomic E-state index is 0.118. The van der Waals surface area contributed by atoms with Crippen molar-refractivity contribution in [2.24, 2.45) is 0 Å². The summed E-state index contributed by atoms with van der Waals surface area (Å²) in [7, 11) is -8.82. The maximum Gasteiger partial charge on any atom is 0.295 e. The Bertz CT molecular complexity index is 821. The second-order valence-electron chi connectivity index (χ2n) is 3.49. The van der Waals surface area contributed by atoms with Gasteiger partial charge >= 0.3 is 0 Å². The molecule has 6 nitrogen and oxygen atoms in total. The van der Waals surface area contributed by atoms with E-state index in [0.29, 0.717) is 0 Å². The maximum atomic E-state index is 11.1. The summed E-state index contributed by atoms with van der Waals surface area (Å²) in [6, 6.07) is 8.47. The van der Waals surface area contributed by atoms with Gasteiger partial charge in [-0.3, -0.25) is 9.11 Å². The van der Waals surface area contributed by atoms with Crippen LogP contribution in [-0.2, 0) is 20.2 Å². The molecule has 0 atom stereocenters. The van der Waals surface area contributed by atoms with Crippen molar-refractivity contribution in [3.8, 4) is 0 Å². The van der Waals surface area contributed by atoms with Crippen LogP contribution in [0.2, 0.25) is 0 Å². The van der Waals surface area contributed by atoms with Gasteiger partial charge in [-0.05, 0) is 17.5 Å². The molecule has 0 saturated carbocycles. The van der Waals surface area contributed by atoms with E-state index in [1.54, 1.807) is 0 Å². The van der Waals surface area contributed by atoms with Crippen LogP contribution in [0.3, 0.4) is 0 Å². The molecule has 0 saturated heterocycles. The van der Waals surface area contributed by atoms with Gasteiger partial charge in [0.15, 0.2) is 0 Å². The Kier molecular flexibility index (Phi) is 2.90. The first kappa shape index (κ1) is 13.0. The zero-order chi connectivity index (χ0) is 13.6. The number of hydrogen-bond donors (Lipinski definition) is 2.